The molecule has 102 valence electrons. The Labute approximate surface area is 118 Å². The fourth-order valence-electron chi connectivity index (χ4n) is 2.27. The van der Waals surface area contributed by atoms with E-state index in [9.17, 15) is 0 Å². The van der Waals surface area contributed by atoms with Gasteiger partial charge in [-0.1, -0.05) is 38.5 Å². The second-order valence-electron chi connectivity index (χ2n) is 6.42. The van der Waals surface area contributed by atoms with Gasteiger partial charge >= 0.3 is 0 Å². The van der Waals surface area contributed by atoms with Crippen LogP contribution in [-0.2, 0) is 0 Å². The molecule has 0 saturated carbocycles. The lowest BCUT2D eigenvalue weighted by Gasteiger charge is -2.34. The van der Waals surface area contributed by atoms with Crippen LogP contribution in [0.4, 0.5) is 5.69 Å². The van der Waals surface area contributed by atoms with Crippen LogP contribution in [-0.4, -0.2) is 19.3 Å². The molecule has 0 heterocycles. The molecule has 0 aliphatic heterocycles. The Bertz CT molecular complexity index is 393. The van der Waals surface area contributed by atoms with Gasteiger partial charge in [0, 0.05) is 19.3 Å². The van der Waals surface area contributed by atoms with E-state index in [1.165, 1.54) is 16.8 Å². The number of rotatable bonds is 4. The molecule has 18 heavy (non-hydrogen) atoms. The number of thiol groups is 1. The van der Waals surface area contributed by atoms with Crippen molar-refractivity contribution < 1.29 is 0 Å². The van der Waals surface area contributed by atoms with E-state index in [-0.39, 0.29) is 0 Å². The highest BCUT2D eigenvalue weighted by Crippen LogP contribution is 2.29. The molecule has 0 aliphatic carbocycles. The van der Waals surface area contributed by atoms with E-state index >= 15 is 0 Å². The van der Waals surface area contributed by atoms with Gasteiger partial charge < -0.3 is 4.90 Å². The van der Waals surface area contributed by atoms with Gasteiger partial charge in [-0.2, -0.15) is 12.6 Å². The highest BCUT2D eigenvalue weighted by molar-refractivity contribution is 7.80. The van der Waals surface area contributed by atoms with Crippen LogP contribution in [0.15, 0.2) is 18.2 Å². The molecule has 0 fully saturated rings. The molecular weight excluding hydrogens is 238 g/mol. The maximum Gasteiger partial charge on any atom is 0.0393 e. The van der Waals surface area contributed by atoms with Crippen molar-refractivity contribution in [2.45, 2.75) is 34.6 Å². The normalized spacial score (nSPS) is 13.5. The van der Waals surface area contributed by atoms with Crippen molar-refractivity contribution in [3.05, 3.63) is 29.3 Å². The first-order valence-corrected chi connectivity index (χ1v) is 7.28. The zero-order chi connectivity index (χ0) is 13.9. The third kappa shape index (κ3) is 3.94. The molecule has 0 bridgehead atoms. The Morgan fingerprint density at radius 2 is 1.83 bits per heavy atom. The Morgan fingerprint density at radius 3 is 2.28 bits per heavy atom. The van der Waals surface area contributed by atoms with Crippen molar-refractivity contribution in [2.24, 2.45) is 11.3 Å². The summed E-state index contributed by atoms with van der Waals surface area (Å²) in [6, 6.07) is 6.66. The number of hydrogen-bond donors (Lipinski definition) is 1. The minimum atomic E-state index is 0.300. The van der Waals surface area contributed by atoms with Crippen molar-refractivity contribution in [3.63, 3.8) is 0 Å². The molecule has 2 heteroatoms. The van der Waals surface area contributed by atoms with Crippen LogP contribution in [0.3, 0.4) is 0 Å². The monoisotopic (exact) mass is 265 g/mol. The fraction of sp³-hybridized carbons (Fsp3) is 0.625. The molecule has 0 saturated heterocycles. The molecule has 1 rings (SSSR count). The zero-order valence-electron chi connectivity index (χ0n) is 12.6. The van der Waals surface area contributed by atoms with E-state index in [1.807, 2.05) is 0 Å². The second kappa shape index (κ2) is 6.01. The predicted molar refractivity (Wildman–Crippen MR) is 86.0 cm³/mol. The highest BCUT2D eigenvalue weighted by Gasteiger charge is 2.24. The number of nitrogens with zero attached hydrogens (tertiary/aromatic N) is 1. The summed E-state index contributed by atoms with van der Waals surface area (Å²) in [6.07, 6.45) is 0. The van der Waals surface area contributed by atoms with Gasteiger partial charge in [0.15, 0.2) is 0 Å². The Hall–Kier alpha value is -0.630. The van der Waals surface area contributed by atoms with Gasteiger partial charge in [0.25, 0.3) is 0 Å². The van der Waals surface area contributed by atoms with Crippen LogP contribution in [0.2, 0.25) is 0 Å². The van der Waals surface area contributed by atoms with Crippen molar-refractivity contribution >= 4 is 18.3 Å². The van der Waals surface area contributed by atoms with Gasteiger partial charge in [-0.05, 0) is 42.6 Å². The largest absolute Gasteiger partial charge is 0.374 e. The van der Waals surface area contributed by atoms with Crippen LogP contribution in [0.5, 0.6) is 0 Å². The van der Waals surface area contributed by atoms with Gasteiger partial charge in [-0.15, -0.1) is 0 Å². The van der Waals surface area contributed by atoms with E-state index in [0.29, 0.717) is 11.3 Å². The van der Waals surface area contributed by atoms with E-state index in [1.54, 1.807) is 0 Å². The van der Waals surface area contributed by atoms with Crippen LogP contribution in [0.25, 0.3) is 0 Å². The summed E-state index contributed by atoms with van der Waals surface area (Å²) in [5, 5.41) is 0. The zero-order valence-corrected chi connectivity index (χ0v) is 13.5. The van der Waals surface area contributed by atoms with Crippen molar-refractivity contribution in [2.75, 3.05) is 24.2 Å². The average Bonchev–Trinajstić information content (AvgIpc) is 2.23. The molecule has 0 amide bonds. The minimum absolute atomic E-state index is 0.300. The topological polar surface area (TPSA) is 3.24 Å². The first kappa shape index (κ1) is 15.4. The van der Waals surface area contributed by atoms with Gasteiger partial charge in [-0.25, -0.2) is 0 Å². The molecule has 1 aromatic carbocycles. The lowest BCUT2D eigenvalue weighted by atomic mass is 9.81. The minimum Gasteiger partial charge on any atom is -0.374 e. The number of aryl methyl sites for hydroxylation is 2. The molecule has 1 unspecified atom stereocenters. The van der Waals surface area contributed by atoms with Gasteiger partial charge in [0.05, 0.1) is 0 Å². The van der Waals surface area contributed by atoms with Gasteiger partial charge in [-0.3, -0.25) is 0 Å². The molecule has 0 aliphatic rings. The Kier molecular flexibility index (Phi) is 5.15. The van der Waals surface area contributed by atoms with Crippen LogP contribution in [0.1, 0.15) is 31.9 Å². The highest BCUT2D eigenvalue weighted by atomic mass is 32.1. The molecule has 0 aromatic heterocycles. The molecule has 0 radical (unpaired) electrons. The molecular formula is C16H27NS. The van der Waals surface area contributed by atoms with Crippen LogP contribution >= 0.6 is 12.6 Å². The van der Waals surface area contributed by atoms with E-state index < -0.39 is 0 Å². The Morgan fingerprint density at radius 1 is 1.22 bits per heavy atom. The first-order chi connectivity index (χ1) is 8.25. The van der Waals surface area contributed by atoms with Crippen molar-refractivity contribution in [3.8, 4) is 0 Å². The number of benzene rings is 1. The summed E-state index contributed by atoms with van der Waals surface area (Å²) >= 11 is 4.51. The molecule has 0 spiro atoms. The molecule has 0 N–H and O–H groups in total. The molecule has 1 aromatic rings. The third-order valence-corrected chi connectivity index (χ3v) is 4.14. The fourth-order valence-corrected chi connectivity index (χ4v) is 2.93. The summed E-state index contributed by atoms with van der Waals surface area (Å²) in [6.45, 7) is 12.3. The maximum absolute atomic E-state index is 4.51. The van der Waals surface area contributed by atoms with Gasteiger partial charge in [0.1, 0.15) is 0 Å². The quantitative estimate of drug-likeness (QED) is 0.793. The van der Waals surface area contributed by atoms with E-state index in [4.69, 9.17) is 0 Å². The summed E-state index contributed by atoms with van der Waals surface area (Å²) in [5.41, 5.74) is 4.31. The average molecular weight is 265 g/mol. The number of hydrogen-bond acceptors (Lipinski definition) is 2. The van der Waals surface area contributed by atoms with Crippen LogP contribution < -0.4 is 4.90 Å². The third-order valence-electron chi connectivity index (χ3n) is 3.70. The van der Waals surface area contributed by atoms with Crippen LogP contribution in [0, 0.1) is 25.2 Å². The first-order valence-electron chi connectivity index (χ1n) is 6.65. The van der Waals surface area contributed by atoms with Gasteiger partial charge in [0.2, 0.25) is 0 Å². The standard InChI is InChI=1S/C16H27NS/c1-12-7-8-15(13(2)9-12)17(6)10-14(11-18)16(3,4)5/h7-9,14,18H,10-11H2,1-6H3. The lowest BCUT2D eigenvalue weighted by Crippen LogP contribution is -2.34. The van der Waals surface area contributed by atoms with E-state index in [2.05, 4.69) is 77.4 Å². The molecule has 1 atom stereocenters. The molecule has 1 nitrogen and oxygen atoms in total. The smallest absolute Gasteiger partial charge is 0.0393 e. The maximum atomic E-state index is 4.51. The summed E-state index contributed by atoms with van der Waals surface area (Å²) in [7, 11) is 2.18. The summed E-state index contributed by atoms with van der Waals surface area (Å²) < 4.78 is 0. The lowest BCUT2D eigenvalue weighted by molar-refractivity contribution is 0.272. The van der Waals surface area contributed by atoms with Crippen molar-refractivity contribution in [1.82, 2.24) is 0 Å². The Balaban J connectivity index is 2.84. The number of anilines is 1. The summed E-state index contributed by atoms with van der Waals surface area (Å²) in [4.78, 5) is 2.36. The predicted octanol–water partition coefficient (Wildman–Crippen LogP) is 4.33. The SMILES string of the molecule is Cc1ccc(N(C)CC(CS)C(C)(C)C)c(C)c1. The van der Waals surface area contributed by atoms with Crippen molar-refractivity contribution in [1.29, 1.82) is 0 Å². The van der Waals surface area contributed by atoms with E-state index in [0.717, 1.165) is 12.3 Å². The summed E-state index contributed by atoms with van der Waals surface area (Å²) in [5.74, 6) is 1.52. The second-order valence-corrected chi connectivity index (χ2v) is 6.78.